The van der Waals surface area contributed by atoms with Crippen molar-refractivity contribution in [2.45, 2.75) is 12.8 Å². The van der Waals surface area contributed by atoms with Gasteiger partial charge in [0.25, 0.3) is 6.08 Å². The average molecular weight is 244 g/mol. The Bertz CT molecular complexity index is 526. The highest BCUT2D eigenvalue weighted by molar-refractivity contribution is 5.67. The van der Waals surface area contributed by atoms with Crippen LogP contribution in [0.15, 0.2) is 66.8 Å². The molecule has 2 heteroatoms. The molecule has 0 heterocycles. The molecule has 0 aromatic heterocycles. The maximum absolute atomic E-state index is 12.0. The highest BCUT2D eigenvalue weighted by Gasteiger charge is 2.03. The molecule has 0 aliphatic carbocycles. The molecule has 0 unspecified atom stereocenters. The highest BCUT2D eigenvalue weighted by atomic mass is 19.3. The Balaban J connectivity index is 2.24. The van der Waals surface area contributed by atoms with Gasteiger partial charge >= 0.3 is 0 Å². The van der Waals surface area contributed by atoms with E-state index in [0.29, 0.717) is 12.8 Å². The first kappa shape index (κ1) is 12.5. The van der Waals surface area contributed by atoms with Gasteiger partial charge in [0.05, 0.1) is 0 Å². The molecule has 18 heavy (non-hydrogen) atoms. The number of halogens is 2. The number of hydrogen-bond acceptors (Lipinski definition) is 0. The van der Waals surface area contributed by atoms with Crippen molar-refractivity contribution < 1.29 is 8.78 Å². The van der Waals surface area contributed by atoms with Crippen molar-refractivity contribution in [3.8, 4) is 11.1 Å². The molecule has 0 saturated heterocycles. The Morgan fingerprint density at radius 2 is 1.56 bits per heavy atom. The van der Waals surface area contributed by atoms with Crippen molar-refractivity contribution in [3.63, 3.8) is 0 Å². The summed E-state index contributed by atoms with van der Waals surface area (Å²) in [6, 6.07) is 17.9. The smallest absolute Gasteiger partial charge is 0.174 e. The molecular weight excluding hydrogens is 230 g/mol. The van der Waals surface area contributed by atoms with E-state index in [1.165, 1.54) is 0 Å². The van der Waals surface area contributed by atoms with Crippen molar-refractivity contribution in [3.05, 3.63) is 72.3 Å². The Morgan fingerprint density at radius 3 is 2.28 bits per heavy atom. The van der Waals surface area contributed by atoms with Gasteiger partial charge in [-0.2, -0.15) is 8.78 Å². The molecule has 92 valence electrons. The van der Waals surface area contributed by atoms with Gasteiger partial charge in [0.2, 0.25) is 0 Å². The van der Waals surface area contributed by atoms with Crippen LogP contribution in [0.4, 0.5) is 8.78 Å². The van der Waals surface area contributed by atoms with Gasteiger partial charge in [-0.15, -0.1) is 0 Å². The molecule has 0 spiro atoms. The maximum Gasteiger partial charge on any atom is 0.266 e. The van der Waals surface area contributed by atoms with Crippen LogP contribution in [0.25, 0.3) is 11.1 Å². The fraction of sp³-hybridized carbons (Fsp3) is 0.125. The minimum Gasteiger partial charge on any atom is -0.174 e. The van der Waals surface area contributed by atoms with Gasteiger partial charge in [0, 0.05) is 0 Å². The topological polar surface area (TPSA) is 0 Å². The monoisotopic (exact) mass is 244 g/mol. The maximum atomic E-state index is 12.0. The first-order valence-electron chi connectivity index (χ1n) is 5.92. The molecule has 2 aromatic carbocycles. The van der Waals surface area contributed by atoms with Crippen LogP contribution in [-0.2, 0) is 6.42 Å². The van der Waals surface area contributed by atoms with E-state index >= 15 is 0 Å². The van der Waals surface area contributed by atoms with Gasteiger partial charge in [-0.1, -0.05) is 54.6 Å². The van der Waals surface area contributed by atoms with Crippen molar-refractivity contribution in [2.75, 3.05) is 0 Å². The summed E-state index contributed by atoms with van der Waals surface area (Å²) in [5.74, 6) is 0. The first-order chi connectivity index (χ1) is 8.77. The zero-order valence-corrected chi connectivity index (χ0v) is 9.94. The molecule has 0 nitrogen and oxygen atoms in total. The van der Waals surface area contributed by atoms with E-state index < -0.39 is 6.08 Å². The van der Waals surface area contributed by atoms with Gasteiger partial charge < -0.3 is 0 Å². The van der Waals surface area contributed by atoms with E-state index in [4.69, 9.17) is 0 Å². The lowest BCUT2D eigenvalue weighted by molar-refractivity contribution is 0.417. The second-order valence-electron chi connectivity index (χ2n) is 4.06. The normalized spacial score (nSPS) is 10.1. The Kier molecular flexibility index (Phi) is 4.24. The molecule has 0 atom stereocenters. The third kappa shape index (κ3) is 3.27. The van der Waals surface area contributed by atoms with Crippen LogP contribution in [0.1, 0.15) is 12.0 Å². The predicted octanol–water partition coefficient (Wildman–Crippen LogP) is 5.07. The fourth-order valence-corrected chi connectivity index (χ4v) is 1.97. The van der Waals surface area contributed by atoms with E-state index in [-0.39, 0.29) is 0 Å². The molecule has 0 radical (unpaired) electrons. The first-order valence-corrected chi connectivity index (χ1v) is 5.92. The standard InChI is InChI=1S/C16H14F2/c17-16(18)12-6-10-14-9-4-5-11-15(14)13-7-2-1-3-8-13/h1-5,7-9,11-12H,6,10H2. The van der Waals surface area contributed by atoms with Crippen LogP contribution < -0.4 is 0 Å². The Morgan fingerprint density at radius 1 is 0.889 bits per heavy atom. The molecule has 0 aliphatic rings. The molecule has 2 rings (SSSR count). The minimum atomic E-state index is -1.60. The van der Waals surface area contributed by atoms with Crippen LogP contribution in [-0.4, -0.2) is 0 Å². The van der Waals surface area contributed by atoms with Crippen molar-refractivity contribution in [1.82, 2.24) is 0 Å². The molecule has 0 aliphatic heterocycles. The van der Waals surface area contributed by atoms with E-state index in [1.54, 1.807) is 0 Å². The third-order valence-electron chi connectivity index (χ3n) is 2.81. The Labute approximate surface area is 106 Å². The SMILES string of the molecule is FC(F)=CCCc1ccccc1-c1ccccc1. The lowest BCUT2D eigenvalue weighted by Crippen LogP contribution is -1.89. The molecule has 0 fully saturated rings. The van der Waals surface area contributed by atoms with Crippen LogP contribution >= 0.6 is 0 Å². The summed E-state index contributed by atoms with van der Waals surface area (Å²) in [4.78, 5) is 0. The van der Waals surface area contributed by atoms with Crippen molar-refractivity contribution >= 4 is 0 Å². The van der Waals surface area contributed by atoms with E-state index in [9.17, 15) is 8.78 Å². The van der Waals surface area contributed by atoms with Crippen LogP contribution in [0.3, 0.4) is 0 Å². The minimum absolute atomic E-state index is 0.367. The van der Waals surface area contributed by atoms with Gasteiger partial charge in [0.1, 0.15) is 0 Å². The van der Waals surface area contributed by atoms with Gasteiger partial charge in [-0.05, 0) is 35.6 Å². The summed E-state index contributed by atoms with van der Waals surface area (Å²) in [5.41, 5.74) is 3.34. The molecule has 0 saturated carbocycles. The number of rotatable bonds is 4. The summed E-state index contributed by atoms with van der Waals surface area (Å²) in [5, 5.41) is 0. The van der Waals surface area contributed by atoms with Crippen molar-refractivity contribution in [1.29, 1.82) is 0 Å². The van der Waals surface area contributed by atoms with Gasteiger partial charge in [-0.3, -0.25) is 0 Å². The quantitative estimate of drug-likeness (QED) is 0.704. The fourth-order valence-electron chi connectivity index (χ4n) is 1.97. The summed E-state index contributed by atoms with van der Waals surface area (Å²) in [7, 11) is 0. The molecular formula is C16H14F2. The second-order valence-corrected chi connectivity index (χ2v) is 4.06. The summed E-state index contributed by atoms with van der Waals surface area (Å²) in [6.07, 6.45) is 0.364. The summed E-state index contributed by atoms with van der Waals surface area (Å²) < 4.78 is 24.0. The van der Waals surface area contributed by atoms with Gasteiger partial charge in [-0.25, -0.2) is 0 Å². The zero-order valence-electron chi connectivity index (χ0n) is 9.94. The summed E-state index contributed by atoms with van der Waals surface area (Å²) >= 11 is 0. The number of allylic oxidation sites excluding steroid dienone is 1. The van der Waals surface area contributed by atoms with E-state index in [1.807, 2.05) is 54.6 Å². The van der Waals surface area contributed by atoms with Crippen LogP contribution in [0.5, 0.6) is 0 Å². The van der Waals surface area contributed by atoms with E-state index in [2.05, 4.69) is 0 Å². The zero-order chi connectivity index (χ0) is 12.8. The molecule has 0 bridgehead atoms. The largest absolute Gasteiger partial charge is 0.266 e. The number of hydrogen-bond donors (Lipinski definition) is 0. The number of aryl methyl sites for hydroxylation is 1. The third-order valence-corrected chi connectivity index (χ3v) is 2.81. The lowest BCUT2D eigenvalue weighted by Gasteiger charge is -2.08. The molecule has 0 N–H and O–H groups in total. The van der Waals surface area contributed by atoms with E-state index in [0.717, 1.165) is 22.8 Å². The second kappa shape index (κ2) is 6.10. The van der Waals surface area contributed by atoms with Gasteiger partial charge in [0.15, 0.2) is 0 Å². The Hall–Kier alpha value is -1.96. The predicted molar refractivity (Wildman–Crippen MR) is 70.5 cm³/mol. The average Bonchev–Trinajstić information content (AvgIpc) is 2.40. The molecule has 0 amide bonds. The van der Waals surface area contributed by atoms with Crippen LogP contribution in [0.2, 0.25) is 0 Å². The number of benzene rings is 2. The van der Waals surface area contributed by atoms with Crippen molar-refractivity contribution in [2.24, 2.45) is 0 Å². The highest BCUT2D eigenvalue weighted by Crippen LogP contribution is 2.24. The lowest BCUT2D eigenvalue weighted by atomic mass is 9.97. The summed E-state index contributed by atoms with van der Waals surface area (Å²) in [6.45, 7) is 0. The van der Waals surface area contributed by atoms with Crippen LogP contribution in [0, 0.1) is 0 Å². The molecule has 2 aromatic rings.